The van der Waals surface area contributed by atoms with Crippen molar-refractivity contribution in [3.63, 3.8) is 0 Å². The normalized spacial score (nSPS) is 27.7. The number of ether oxygens (including phenoxy) is 1. The first-order valence-electron chi connectivity index (χ1n) is 6.74. The van der Waals surface area contributed by atoms with Gasteiger partial charge in [-0.25, -0.2) is 0 Å². The molecule has 1 saturated heterocycles. The summed E-state index contributed by atoms with van der Waals surface area (Å²) in [4.78, 5) is 11.8. The van der Waals surface area contributed by atoms with E-state index >= 15 is 0 Å². The molecule has 2 aliphatic rings. The molecule has 1 aromatic rings. The first-order valence-corrected chi connectivity index (χ1v) is 7.54. The summed E-state index contributed by atoms with van der Waals surface area (Å²) in [6.45, 7) is 4.18. The van der Waals surface area contributed by atoms with E-state index in [4.69, 9.17) is 4.74 Å². The van der Waals surface area contributed by atoms with Crippen LogP contribution in [0.3, 0.4) is 0 Å². The van der Waals surface area contributed by atoms with E-state index in [1.165, 1.54) is 16.7 Å². The molecule has 0 aromatic heterocycles. The zero-order valence-corrected chi connectivity index (χ0v) is 12.8. The standard InChI is InChI=1S/C16H17BrO2/c1-9-5-13(17)6-10(2)14(9)8-15-11-3-4-12(7-11)16(18)19-15/h5-6,8,11-12H,3-4,7H2,1-2H3. The van der Waals surface area contributed by atoms with Crippen LogP contribution in [-0.2, 0) is 9.53 Å². The van der Waals surface area contributed by atoms with Gasteiger partial charge in [0.1, 0.15) is 5.76 Å². The highest BCUT2D eigenvalue weighted by molar-refractivity contribution is 9.10. The van der Waals surface area contributed by atoms with E-state index in [0.29, 0.717) is 5.92 Å². The van der Waals surface area contributed by atoms with Gasteiger partial charge < -0.3 is 4.74 Å². The van der Waals surface area contributed by atoms with Crippen LogP contribution in [0.25, 0.3) is 6.08 Å². The summed E-state index contributed by atoms with van der Waals surface area (Å²) in [5.74, 6) is 1.42. The second-order valence-electron chi connectivity index (χ2n) is 5.63. The fourth-order valence-corrected chi connectivity index (χ4v) is 3.86. The number of carbonyl (C=O) groups excluding carboxylic acids is 1. The van der Waals surface area contributed by atoms with Crippen LogP contribution < -0.4 is 0 Å². The number of benzene rings is 1. The van der Waals surface area contributed by atoms with Gasteiger partial charge in [-0.3, -0.25) is 4.79 Å². The molecule has 19 heavy (non-hydrogen) atoms. The molecule has 3 heteroatoms. The van der Waals surface area contributed by atoms with Crippen molar-refractivity contribution in [2.45, 2.75) is 33.1 Å². The molecule has 2 bridgehead atoms. The van der Waals surface area contributed by atoms with E-state index in [2.05, 4.69) is 48.0 Å². The van der Waals surface area contributed by atoms with Crippen LogP contribution in [0.15, 0.2) is 22.4 Å². The lowest BCUT2D eigenvalue weighted by molar-refractivity contribution is -0.146. The van der Waals surface area contributed by atoms with Gasteiger partial charge in [0.2, 0.25) is 0 Å². The van der Waals surface area contributed by atoms with E-state index in [1.54, 1.807) is 0 Å². The molecule has 1 heterocycles. The van der Waals surface area contributed by atoms with E-state index < -0.39 is 0 Å². The molecule has 2 atom stereocenters. The fraction of sp³-hybridized carbons (Fsp3) is 0.438. The minimum absolute atomic E-state index is 0.0348. The summed E-state index contributed by atoms with van der Waals surface area (Å²) >= 11 is 3.51. The highest BCUT2D eigenvalue weighted by Gasteiger charge is 2.39. The summed E-state index contributed by atoms with van der Waals surface area (Å²) < 4.78 is 6.62. The number of cyclic esters (lactones) is 1. The van der Waals surface area contributed by atoms with Gasteiger partial charge in [-0.15, -0.1) is 0 Å². The van der Waals surface area contributed by atoms with Crippen LogP contribution in [-0.4, -0.2) is 5.97 Å². The Bertz CT molecular complexity index is 551. The lowest BCUT2D eigenvalue weighted by atomic mass is 9.96. The Morgan fingerprint density at radius 3 is 2.53 bits per heavy atom. The average molecular weight is 321 g/mol. The summed E-state index contributed by atoms with van der Waals surface area (Å²) in [5, 5.41) is 0. The Morgan fingerprint density at radius 1 is 1.21 bits per heavy atom. The van der Waals surface area contributed by atoms with Gasteiger partial charge in [-0.05, 0) is 68.0 Å². The first-order chi connectivity index (χ1) is 9.04. The lowest BCUT2D eigenvalue weighted by Crippen LogP contribution is -2.22. The van der Waals surface area contributed by atoms with Gasteiger partial charge in [0.05, 0.1) is 5.92 Å². The van der Waals surface area contributed by atoms with Crippen molar-refractivity contribution in [2.24, 2.45) is 11.8 Å². The third kappa shape index (κ3) is 2.36. The number of rotatable bonds is 1. The van der Waals surface area contributed by atoms with Gasteiger partial charge in [0.25, 0.3) is 0 Å². The highest BCUT2D eigenvalue weighted by atomic mass is 79.9. The number of halogens is 1. The van der Waals surface area contributed by atoms with Crippen LogP contribution >= 0.6 is 15.9 Å². The molecule has 3 rings (SSSR count). The second-order valence-corrected chi connectivity index (χ2v) is 6.54. The number of hydrogen-bond acceptors (Lipinski definition) is 2. The third-order valence-corrected chi connectivity index (χ3v) is 4.69. The number of esters is 1. The molecule has 1 saturated carbocycles. The van der Waals surface area contributed by atoms with Crippen LogP contribution in [0.4, 0.5) is 0 Å². The summed E-state index contributed by atoms with van der Waals surface area (Å²) in [5.41, 5.74) is 3.59. The van der Waals surface area contributed by atoms with E-state index in [-0.39, 0.29) is 11.9 Å². The largest absolute Gasteiger partial charge is 0.431 e. The molecular weight excluding hydrogens is 304 g/mol. The Kier molecular flexibility index (Phi) is 3.25. The maximum Gasteiger partial charge on any atom is 0.314 e. The van der Waals surface area contributed by atoms with Crippen LogP contribution in [0.5, 0.6) is 0 Å². The Hall–Kier alpha value is -1.09. The smallest absolute Gasteiger partial charge is 0.314 e. The van der Waals surface area contributed by atoms with Crippen LogP contribution in [0, 0.1) is 25.7 Å². The molecule has 1 aromatic carbocycles. The van der Waals surface area contributed by atoms with Crippen molar-refractivity contribution in [2.75, 3.05) is 0 Å². The molecule has 1 aliphatic heterocycles. The zero-order chi connectivity index (χ0) is 13.6. The van der Waals surface area contributed by atoms with Crippen LogP contribution in [0.2, 0.25) is 0 Å². The van der Waals surface area contributed by atoms with E-state index in [0.717, 1.165) is 29.5 Å². The zero-order valence-electron chi connectivity index (χ0n) is 11.2. The molecule has 0 N–H and O–H groups in total. The minimum atomic E-state index is -0.0348. The molecule has 0 radical (unpaired) electrons. The van der Waals surface area contributed by atoms with Crippen molar-refractivity contribution in [3.05, 3.63) is 39.1 Å². The average Bonchev–Trinajstić information content (AvgIpc) is 2.76. The van der Waals surface area contributed by atoms with Crippen molar-refractivity contribution < 1.29 is 9.53 Å². The Morgan fingerprint density at radius 2 is 1.84 bits per heavy atom. The predicted molar refractivity (Wildman–Crippen MR) is 78.5 cm³/mol. The van der Waals surface area contributed by atoms with Crippen molar-refractivity contribution >= 4 is 28.0 Å². The van der Waals surface area contributed by atoms with Gasteiger partial charge in [0, 0.05) is 10.4 Å². The molecule has 100 valence electrons. The van der Waals surface area contributed by atoms with Gasteiger partial charge in [-0.2, -0.15) is 0 Å². The number of fused-ring (bicyclic) bond motifs is 2. The minimum Gasteiger partial charge on any atom is -0.431 e. The number of aryl methyl sites for hydroxylation is 2. The topological polar surface area (TPSA) is 26.3 Å². The van der Waals surface area contributed by atoms with Crippen molar-refractivity contribution in [3.8, 4) is 0 Å². The molecule has 1 aliphatic carbocycles. The summed E-state index contributed by atoms with van der Waals surface area (Å²) in [6.07, 6.45) is 5.11. The van der Waals surface area contributed by atoms with Crippen molar-refractivity contribution in [1.82, 2.24) is 0 Å². The number of allylic oxidation sites excluding steroid dienone is 1. The molecule has 0 amide bonds. The molecule has 0 spiro atoms. The third-order valence-electron chi connectivity index (χ3n) is 4.23. The van der Waals surface area contributed by atoms with Gasteiger partial charge >= 0.3 is 5.97 Å². The molecule has 2 nitrogen and oxygen atoms in total. The number of hydrogen-bond donors (Lipinski definition) is 0. The van der Waals surface area contributed by atoms with Crippen molar-refractivity contribution in [1.29, 1.82) is 0 Å². The van der Waals surface area contributed by atoms with Crippen LogP contribution in [0.1, 0.15) is 36.0 Å². The van der Waals surface area contributed by atoms with Gasteiger partial charge in [0.15, 0.2) is 0 Å². The predicted octanol–water partition coefficient (Wildman–Crippen LogP) is 4.38. The Balaban J connectivity index is 2.00. The monoisotopic (exact) mass is 320 g/mol. The molecular formula is C16H17BrO2. The van der Waals surface area contributed by atoms with Gasteiger partial charge in [-0.1, -0.05) is 15.9 Å². The number of carbonyl (C=O) groups is 1. The second kappa shape index (κ2) is 4.78. The SMILES string of the molecule is Cc1cc(Br)cc(C)c1C=C1OC(=O)C2CCC1C2. The maximum absolute atomic E-state index is 11.8. The lowest BCUT2D eigenvalue weighted by Gasteiger charge is -2.22. The molecule has 2 fully saturated rings. The summed E-state index contributed by atoms with van der Waals surface area (Å²) in [6, 6.07) is 4.20. The maximum atomic E-state index is 11.8. The summed E-state index contributed by atoms with van der Waals surface area (Å²) in [7, 11) is 0. The quantitative estimate of drug-likeness (QED) is 0.718. The molecule has 2 unspecified atom stereocenters. The Labute approximate surface area is 122 Å². The van der Waals surface area contributed by atoms with E-state index in [9.17, 15) is 4.79 Å². The fourth-order valence-electron chi connectivity index (χ4n) is 3.18. The first kappa shape index (κ1) is 12.9. The highest BCUT2D eigenvalue weighted by Crippen LogP contribution is 2.42. The van der Waals surface area contributed by atoms with E-state index in [1.807, 2.05) is 0 Å².